The third kappa shape index (κ3) is 4.10. The van der Waals surface area contributed by atoms with Gasteiger partial charge in [0.1, 0.15) is 5.92 Å². The summed E-state index contributed by atoms with van der Waals surface area (Å²) in [5.74, 6) is -2.27. The van der Waals surface area contributed by atoms with Crippen LogP contribution in [0.2, 0.25) is 0 Å². The van der Waals surface area contributed by atoms with Gasteiger partial charge in [0.05, 0.1) is 23.8 Å². The number of rotatable bonds is 5. The van der Waals surface area contributed by atoms with Crippen molar-refractivity contribution in [3.8, 4) is 6.07 Å². The predicted octanol–water partition coefficient (Wildman–Crippen LogP) is 3.67. The summed E-state index contributed by atoms with van der Waals surface area (Å²) < 4.78 is 4.84. The quantitative estimate of drug-likeness (QED) is 0.620. The average Bonchev–Trinajstić information content (AvgIpc) is 2.71. The fourth-order valence-corrected chi connectivity index (χ4v) is 4.29. The molecule has 0 aromatic heterocycles. The molecule has 0 unspecified atom stereocenters. The minimum atomic E-state index is -1.09. The van der Waals surface area contributed by atoms with E-state index in [1.165, 1.54) is 18.9 Å². The van der Waals surface area contributed by atoms with Gasteiger partial charge in [-0.1, -0.05) is 60.2 Å². The van der Waals surface area contributed by atoms with E-state index >= 15 is 0 Å². The van der Waals surface area contributed by atoms with Gasteiger partial charge in [0.2, 0.25) is 5.91 Å². The first-order valence-electron chi connectivity index (χ1n) is 8.81. The van der Waals surface area contributed by atoms with Gasteiger partial charge in [0, 0.05) is 11.7 Å². The van der Waals surface area contributed by atoms with E-state index in [0.29, 0.717) is 16.4 Å². The highest BCUT2D eigenvalue weighted by atomic mass is 32.2. The number of allylic oxidation sites excluding steroid dienone is 1. The first kappa shape index (κ1) is 19.7. The Bertz CT molecular complexity index is 963. The Morgan fingerprint density at radius 1 is 1.21 bits per heavy atom. The summed E-state index contributed by atoms with van der Waals surface area (Å²) in [5, 5.41) is 13.1. The number of amides is 1. The van der Waals surface area contributed by atoms with Crippen molar-refractivity contribution >= 4 is 23.6 Å². The largest absolute Gasteiger partial charge is 0.468 e. The van der Waals surface area contributed by atoms with Gasteiger partial charge in [0.15, 0.2) is 0 Å². The monoisotopic (exact) mass is 392 g/mol. The van der Waals surface area contributed by atoms with Gasteiger partial charge < -0.3 is 10.1 Å². The fourth-order valence-electron chi connectivity index (χ4n) is 3.30. The number of hydrogen-bond acceptors (Lipinski definition) is 5. The Kier molecular flexibility index (Phi) is 6.17. The number of carbonyl (C=O) groups is 2. The molecule has 1 amide bonds. The number of nitriles is 1. The van der Waals surface area contributed by atoms with E-state index in [1.54, 1.807) is 0 Å². The maximum atomic E-state index is 12.7. The van der Waals surface area contributed by atoms with E-state index in [-0.39, 0.29) is 0 Å². The van der Waals surface area contributed by atoms with Crippen molar-refractivity contribution in [2.45, 2.75) is 18.6 Å². The fraction of sp³-hybridized carbons (Fsp3) is 0.227. The predicted molar refractivity (Wildman–Crippen MR) is 108 cm³/mol. The molecule has 142 valence electrons. The lowest BCUT2D eigenvalue weighted by Crippen LogP contribution is -2.44. The Balaban J connectivity index is 2.00. The number of ether oxygens (including phenoxy) is 1. The minimum Gasteiger partial charge on any atom is -0.468 e. The molecule has 0 aliphatic carbocycles. The van der Waals surface area contributed by atoms with E-state index in [9.17, 15) is 14.9 Å². The molecule has 1 aliphatic rings. The first-order valence-corrected chi connectivity index (χ1v) is 9.80. The normalized spacial score (nSPS) is 19.0. The standard InChI is InChI=1S/C22H20N2O3S/c1-14-7-6-8-15(11-14)13-28-21-17(12-23)18(16-9-4-3-5-10-16)19(20(25)24-21)22(26)27-2/h3-11,18-19H,13H2,1-2H3,(H,24,25)/t18-,19-/m1/s1. The van der Waals surface area contributed by atoms with Gasteiger partial charge in [-0.05, 0) is 18.1 Å². The molecule has 2 aromatic carbocycles. The summed E-state index contributed by atoms with van der Waals surface area (Å²) in [4.78, 5) is 25.1. The van der Waals surface area contributed by atoms with E-state index < -0.39 is 23.7 Å². The van der Waals surface area contributed by atoms with Crippen LogP contribution in [0.5, 0.6) is 0 Å². The Morgan fingerprint density at radius 2 is 1.96 bits per heavy atom. The van der Waals surface area contributed by atoms with Gasteiger partial charge in [-0.3, -0.25) is 9.59 Å². The molecule has 1 aliphatic heterocycles. The van der Waals surface area contributed by atoms with Crippen molar-refractivity contribution in [3.05, 3.63) is 81.9 Å². The van der Waals surface area contributed by atoms with Crippen LogP contribution in [-0.2, 0) is 20.1 Å². The molecule has 0 spiro atoms. The van der Waals surface area contributed by atoms with Crippen molar-refractivity contribution in [2.75, 3.05) is 7.11 Å². The lowest BCUT2D eigenvalue weighted by Gasteiger charge is -2.31. The highest BCUT2D eigenvalue weighted by Crippen LogP contribution is 2.40. The highest BCUT2D eigenvalue weighted by Gasteiger charge is 2.44. The Hall–Kier alpha value is -3.04. The van der Waals surface area contributed by atoms with Gasteiger partial charge in [-0.25, -0.2) is 0 Å². The number of nitrogens with one attached hydrogen (secondary N) is 1. The molecule has 3 rings (SSSR count). The van der Waals surface area contributed by atoms with Crippen molar-refractivity contribution in [2.24, 2.45) is 5.92 Å². The number of methoxy groups -OCH3 is 1. The third-order valence-electron chi connectivity index (χ3n) is 4.61. The zero-order valence-electron chi connectivity index (χ0n) is 15.6. The van der Waals surface area contributed by atoms with Crippen LogP contribution < -0.4 is 5.32 Å². The molecule has 1 heterocycles. The smallest absolute Gasteiger partial charge is 0.319 e. The molecule has 2 atom stereocenters. The number of esters is 1. The van der Waals surface area contributed by atoms with E-state index in [0.717, 1.165) is 16.7 Å². The van der Waals surface area contributed by atoms with Crippen molar-refractivity contribution in [3.63, 3.8) is 0 Å². The molecule has 1 N–H and O–H groups in total. The first-order chi connectivity index (χ1) is 13.5. The topological polar surface area (TPSA) is 79.2 Å². The van der Waals surface area contributed by atoms with Gasteiger partial charge in [0.25, 0.3) is 0 Å². The second-order valence-corrected chi connectivity index (χ2v) is 7.50. The molecule has 0 radical (unpaired) electrons. The lowest BCUT2D eigenvalue weighted by molar-refractivity contribution is -0.150. The van der Waals surface area contributed by atoms with Crippen LogP contribution >= 0.6 is 11.8 Å². The maximum Gasteiger partial charge on any atom is 0.319 e. The number of nitrogens with zero attached hydrogens (tertiary/aromatic N) is 1. The van der Waals surface area contributed by atoms with Crippen molar-refractivity contribution < 1.29 is 14.3 Å². The van der Waals surface area contributed by atoms with Crippen LogP contribution in [0.25, 0.3) is 0 Å². The number of carbonyl (C=O) groups excluding carboxylic acids is 2. The molecular formula is C22H20N2O3S. The molecule has 0 fully saturated rings. The molecule has 0 saturated heterocycles. The van der Waals surface area contributed by atoms with Gasteiger partial charge >= 0.3 is 5.97 Å². The summed E-state index contributed by atoms with van der Waals surface area (Å²) in [6.07, 6.45) is 0. The van der Waals surface area contributed by atoms with Crippen LogP contribution in [0.1, 0.15) is 22.6 Å². The van der Waals surface area contributed by atoms with Gasteiger partial charge in [-0.2, -0.15) is 5.26 Å². The second-order valence-electron chi connectivity index (χ2n) is 6.51. The molecule has 2 aromatic rings. The molecule has 28 heavy (non-hydrogen) atoms. The van der Waals surface area contributed by atoms with Crippen LogP contribution in [0.15, 0.2) is 65.2 Å². The zero-order chi connectivity index (χ0) is 20.1. The summed E-state index contributed by atoms with van der Waals surface area (Å²) >= 11 is 1.39. The average molecular weight is 392 g/mol. The van der Waals surface area contributed by atoms with Gasteiger partial charge in [-0.15, -0.1) is 11.8 Å². The summed E-state index contributed by atoms with van der Waals surface area (Å²) in [6.45, 7) is 2.02. The number of aryl methyl sites for hydroxylation is 1. The maximum absolute atomic E-state index is 12.7. The van der Waals surface area contributed by atoms with Crippen LogP contribution in [-0.4, -0.2) is 19.0 Å². The molecule has 5 nitrogen and oxygen atoms in total. The third-order valence-corrected chi connectivity index (χ3v) is 5.70. The molecule has 0 bridgehead atoms. The summed E-state index contributed by atoms with van der Waals surface area (Å²) in [7, 11) is 1.25. The molecule has 6 heteroatoms. The van der Waals surface area contributed by atoms with Crippen LogP contribution in [0.3, 0.4) is 0 Å². The van der Waals surface area contributed by atoms with Crippen molar-refractivity contribution in [1.29, 1.82) is 5.26 Å². The number of hydrogen-bond donors (Lipinski definition) is 1. The van der Waals surface area contributed by atoms with E-state index in [1.807, 2.05) is 55.5 Å². The van der Waals surface area contributed by atoms with Crippen LogP contribution in [0, 0.1) is 24.2 Å². The molecule has 0 saturated carbocycles. The number of thioether (sulfide) groups is 1. The summed E-state index contributed by atoms with van der Waals surface area (Å²) in [6, 6.07) is 19.4. The SMILES string of the molecule is COC(=O)[C@H]1C(=O)NC(SCc2cccc(C)c2)=C(C#N)[C@H]1c1ccccc1. The van der Waals surface area contributed by atoms with E-state index in [4.69, 9.17) is 4.74 Å². The lowest BCUT2D eigenvalue weighted by atomic mass is 9.78. The minimum absolute atomic E-state index is 0.374. The zero-order valence-corrected chi connectivity index (χ0v) is 16.5. The highest BCUT2D eigenvalue weighted by molar-refractivity contribution is 8.02. The number of benzene rings is 2. The van der Waals surface area contributed by atoms with Crippen molar-refractivity contribution in [1.82, 2.24) is 5.32 Å². The Morgan fingerprint density at radius 3 is 2.61 bits per heavy atom. The molecular weight excluding hydrogens is 372 g/mol. The van der Waals surface area contributed by atoms with E-state index in [2.05, 4.69) is 17.5 Å². The second kappa shape index (κ2) is 8.77. The van der Waals surface area contributed by atoms with Crippen LogP contribution in [0.4, 0.5) is 0 Å². The summed E-state index contributed by atoms with van der Waals surface area (Å²) in [5.41, 5.74) is 3.35. The Labute approximate surface area is 168 Å².